The Kier molecular flexibility index (Phi) is 5.49. The first-order valence-corrected chi connectivity index (χ1v) is 6.00. The van der Waals surface area contributed by atoms with E-state index in [1.165, 1.54) is 0 Å². The highest BCUT2D eigenvalue weighted by molar-refractivity contribution is 9.10. The number of rotatable bonds is 5. The standard InChI is InChI=1S/C12H16BrNO2/c1-9(2)16-8-12(15)14-7-10-5-3-4-6-11(10)13/h3-6,9H,7-8H2,1-2H3,(H,14,15). The third-order valence-corrected chi connectivity index (χ3v) is 2.76. The zero-order valence-corrected chi connectivity index (χ0v) is 11.1. The first-order chi connectivity index (χ1) is 7.59. The molecule has 4 heteroatoms. The van der Waals surface area contributed by atoms with Gasteiger partial charge in [-0.25, -0.2) is 0 Å². The van der Waals surface area contributed by atoms with E-state index in [9.17, 15) is 4.79 Å². The van der Waals surface area contributed by atoms with Crippen molar-refractivity contribution in [1.82, 2.24) is 5.32 Å². The smallest absolute Gasteiger partial charge is 0.246 e. The number of benzene rings is 1. The lowest BCUT2D eigenvalue weighted by molar-refractivity contribution is -0.127. The molecule has 3 nitrogen and oxygen atoms in total. The van der Waals surface area contributed by atoms with Crippen LogP contribution < -0.4 is 5.32 Å². The maximum Gasteiger partial charge on any atom is 0.246 e. The fraction of sp³-hybridized carbons (Fsp3) is 0.417. The van der Waals surface area contributed by atoms with Crippen molar-refractivity contribution in [3.05, 3.63) is 34.3 Å². The monoisotopic (exact) mass is 285 g/mol. The molecule has 0 saturated carbocycles. The van der Waals surface area contributed by atoms with E-state index >= 15 is 0 Å². The summed E-state index contributed by atoms with van der Waals surface area (Å²) in [6.45, 7) is 4.44. The molecule has 0 unspecified atom stereocenters. The van der Waals surface area contributed by atoms with Crippen LogP contribution in [0.2, 0.25) is 0 Å². The molecule has 0 radical (unpaired) electrons. The maximum absolute atomic E-state index is 11.4. The van der Waals surface area contributed by atoms with Crippen LogP contribution >= 0.6 is 15.9 Å². The molecule has 0 heterocycles. The molecule has 0 aliphatic carbocycles. The van der Waals surface area contributed by atoms with Crippen LogP contribution in [0, 0.1) is 0 Å². The van der Waals surface area contributed by atoms with Crippen LogP contribution in [0.1, 0.15) is 19.4 Å². The van der Waals surface area contributed by atoms with Crippen LogP contribution in [0.5, 0.6) is 0 Å². The highest BCUT2D eigenvalue weighted by Gasteiger charge is 2.04. The zero-order valence-electron chi connectivity index (χ0n) is 9.50. The van der Waals surface area contributed by atoms with Crippen molar-refractivity contribution in [1.29, 1.82) is 0 Å². The average molecular weight is 286 g/mol. The topological polar surface area (TPSA) is 38.3 Å². The molecule has 0 bridgehead atoms. The predicted octanol–water partition coefficient (Wildman–Crippen LogP) is 2.49. The number of halogens is 1. The van der Waals surface area contributed by atoms with Gasteiger partial charge in [0, 0.05) is 11.0 Å². The summed E-state index contributed by atoms with van der Waals surface area (Å²) >= 11 is 3.43. The van der Waals surface area contributed by atoms with Crippen LogP contribution in [-0.2, 0) is 16.1 Å². The summed E-state index contributed by atoms with van der Waals surface area (Å²) in [6, 6.07) is 7.80. The number of nitrogens with one attached hydrogen (secondary N) is 1. The number of carbonyl (C=O) groups excluding carboxylic acids is 1. The summed E-state index contributed by atoms with van der Waals surface area (Å²) in [7, 11) is 0. The van der Waals surface area contributed by atoms with E-state index in [0.29, 0.717) is 6.54 Å². The van der Waals surface area contributed by atoms with Gasteiger partial charge >= 0.3 is 0 Å². The number of hydrogen-bond acceptors (Lipinski definition) is 2. The molecule has 1 aromatic rings. The Morgan fingerprint density at radius 1 is 1.44 bits per heavy atom. The molecule has 0 fully saturated rings. The number of ether oxygens (including phenoxy) is 1. The van der Waals surface area contributed by atoms with Gasteiger partial charge in [0.1, 0.15) is 6.61 Å². The van der Waals surface area contributed by atoms with Gasteiger partial charge in [-0.3, -0.25) is 4.79 Å². The molecule has 16 heavy (non-hydrogen) atoms. The Hall–Kier alpha value is -0.870. The first kappa shape index (κ1) is 13.2. The number of hydrogen-bond donors (Lipinski definition) is 1. The van der Waals surface area contributed by atoms with E-state index in [1.807, 2.05) is 38.1 Å². The van der Waals surface area contributed by atoms with Gasteiger partial charge in [-0.1, -0.05) is 34.1 Å². The third kappa shape index (κ3) is 4.77. The molecule has 1 rings (SSSR count). The van der Waals surface area contributed by atoms with E-state index in [4.69, 9.17) is 4.74 Å². The maximum atomic E-state index is 11.4. The van der Waals surface area contributed by atoms with Gasteiger partial charge in [0.15, 0.2) is 0 Å². The molecule has 0 aromatic heterocycles. The molecule has 1 aromatic carbocycles. The van der Waals surface area contributed by atoms with Crippen LogP contribution in [-0.4, -0.2) is 18.6 Å². The molecule has 1 amide bonds. The molecule has 0 spiro atoms. The van der Waals surface area contributed by atoms with Crippen molar-refractivity contribution in [3.8, 4) is 0 Å². The quantitative estimate of drug-likeness (QED) is 0.903. The largest absolute Gasteiger partial charge is 0.369 e. The third-order valence-electron chi connectivity index (χ3n) is 1.98. The van der Waals surface area contributed by atoms with Crippen molar-refractivity contribution >= 4 is 21.8 Å². The van der Waals surface area contributed by atoms with Gasteiger partial charge in [0.25, 0.3) is 0 Å². The Bertz CT molecular complexity index is 353. The molecule has 0 aliphatic heterocycles. The summed E-state index contributed by atoms with van der Waals surface area (Å²) in [4.78, 5) is 11.4. The fourth-order valence-corrected chi connectivity index (χ4v) is 1.55. The zero-order chi connectivity index (χ0) is 12.0. The molecule has 0 aliphatic rings. The first-order valence-electron chi connectivity index (χ1n) is 5.21. The number of amides is 1. The van der Waals surface area contributed by atoms with Crippen molar-refractivity contribution in [2.24, 2.45) is 0 Å². The lowest BCUT2D eigenvalue weighted by Gasteiger charge is -2.09. The Morgan fingerprint density at radius 3 is 2.75 bits per heavy atom. The number of carbonyl (C=O) groups is 1. The van der Waals surface area contributed by atoms with Gasteiger partial charge < -0.3 is 10.1 Å². The second-order valence-electron chi connectivity index (χ2n) is 3.73. The molecule has 88 valence electrons. The fourth-order valence-electron chi connectivity index (χ4n) is 1.13. The van der Waals surface area contributed by atoms with E-state index < -0.39 is 0 Å². The Labute approximate surface area is 104 Å². The van der Waals surface area contributed by atoms with Crippen molar-refractivity contribution in [2.75, 3.05) is 6.61 Å². The second-order valence-corrected chi connectivity index (χ2v) is 4.58. The molecule has 1 N–H and O–H groups in total. The normalized spacial score (nSPS) is 10.5. The van der Waals surface area contributed by atoms with Gasteiger partial charge in [0.05, 0.1) is 6.10 Å². The SMILES string of the molecule is CC(C)OCC(=O)NCc1ccccc1Br. The Morgan fingerprint density at radius 2 is 2.12 bits per heavy atom. The minimum absolute atomic E-state index is 0.0780. The Balaban J connectivity index is 2.35. The van der Waals surface area contributed by atoms with Crippen molar-refractivity contribution < 1.29 is 9.53 Å². The van der Waals surface area contributed by atoms with Crippen LogP contribution in [0.3, 0.4) is 0 Å². The highest BCUT2D eigenvalue weighted by Crippen LogP contribution is 2.15. The average Bonchev–Trinajstić information content (AvgIpc) is 2.25. The van der Waals surface area contributed by atoms with Gasteiger partial charge in [-0.2, -0.15) is 0 Å². The summed E-state index contributed by atoms with van der Waals surface area (Å²) in [5.74, 6) is -0.0931. The van der Waals surface area contributed by atoms with Crippen LogP contribution in [0.25, 0.3) is 0 Å². The van der Waals surface area contributed by atoms with E-state index in [2.05, 4.69) is 21.2 Å². The molecule has 0 atom stereocenters. The van der Waals surface area contributed by atoms with E-state index in [1.54, 1.807) is 0 Å². The van der Waals surface area contributed by atoms with Gasteiger partial charge in [-0.05, 0) is 25.5 Å². The summed E-state index contributed by atoms with van der Waals surface area (Å²) in [6.07, 6.45) is 0.0780. The van der Waals surface area contributed by atoms with Gasteiger partial charge in [0.2, 0.25) is 5.91 Å². The second kappa shape index (κ2) is 6.66. The van der Waals surface area contributed by atoms with E-state index in [-0.39, 0.29) is 18.6 Å². The van der Waals surface area contributed by atoms with Crippen molar-refractivity contribution in [2.45, 2.75) is 26.5 Å². The van der Waals surface area contributed by atoms with Crippen LogP contribution in [0.15, 0.2) is 28.7 Å². The minimum Gasteiger partial charge on any atom is -0.369 e. The summed E-state index contributed by atoms with van der Waals surface area (Å²) in [5.41, 5.74) is 1.06. The lowest BCUT2D eigenvalue weighted by atomic mass is 10.2. The van der Waals surface area contributed by atoms with Crippen LogP contribution in [0.4, 0.5) is 0 Å². The van der Waals surface area contributed by atoms with Gasteiger partial charge in [-0.15, -0.1) is 0 Å². The predicted molar refractivity (Wildman–Crippen MR) is 67.1 cm³/mol. The lowest BCUT2D eigenvalue weighted by Crippen LogP contribution is -2.28. The summed E-state index contributed by atoms with van der Waals surface area (Å²) in [5, 5.41) is 2.80. The van der Waals surface area contributed by atoms with Crippen molar-refractivity contribution in [3.63, 3.8) is 0 Å². The highest BCUT2D eigenvalue weighted by atomic mass is 79.9. The molecule has 0 saturated heterocycles. The minimum atomic E-state index is -0.0931. The molecular weight excluding hydrogens is 270 g/mol. The van der Waals surface area contributed by atoms with E-state index in [0.717, 1.165) is 10.0 Å². The summed E-state index contributed by atoms with van der Waals surface area (Å²) < 4.78 is 6.20. The molecular formula is C12H16BrNO2.